The number of carbonyl (C=O) groups is 2. The van der Waals surface area contributed by atoms with Gasteiger partial charge in [-0.2, -0.15) is 0 Å². The van der Waals surface area contributed by atoms with E-state index in [1.165, 1.54) is 0 Å². The van der Waals surface area contributed by atoms with Crippen molar-refractivity contribution >= 4 is 22.7 Å². The first-order chi connectivity index (χ1) is 17.6. The fraction of sp³-hybridized carbons (Fsp3) is 0.448. The van der Waals surface area contributed by atoms with Crippen LogP contribution in [-0.4, -0.2) is 73.1 Å². The molecule has 0 spiro atoms. The van der Waals surface area contributed by atoms with E-state index in [0.29, 0.717) is 43.2 Å². The number of rotatable bonds is 3. The van der Waals surface area contributed by atoms with Crippen LogP contribution in [0.25, 0.3) is 10.9 Å². The van der Waals surface area contributed by atoms with Crippen molar-refractivity contribution in [2.24, 2.45) is 5.41 Å². The van der Waals surface area contributed by atoms with Crippen molar-refractivity contribution in [1.82, 2.24) is 14.8 Å². The summed E-state index contributed by atoms with van der Waals surface area (Å²) in [4.78, 5) is 34.1. The lowest BCUT2D eigenvalue weighted by Gasteiger charge is -2.41. The number of fused-ring (bicyclic) bond motifs is 10. The maximum Gasteiger partial charge on any atom is 0.257 e. The first-order valence-corrected chi connectivity index (χ1v) is 13.0. The summed E-state index contributed by atoms with van der Waals surface area (Å²) in [5, 5.41) is 1.02. The van der Waals surface area contributed by atoms with Crippen LogP contribution in [0.4, 0.5) is 0 Å². The standard InChI is InChI=1S/C29H35N3O4/c1-35-21-29-12-4-5-16-31(28(34)24-9-6-7-22-11-15-30-26(22)24)19-20-36-25-10-3-2-8-23(25)27(33)32(17-13-29)18-14-29/h2-3,6-11,15,30H,4-5,12-14,16-21H2,1H3. The van der Waals surface area contributed by atoms with E-state index in [4.69, 9.17) is 9.47 Å². The highest BCUT2D eigenvalue weighted by atomic mass is 16.5. The van der Waals surface area contributed by atoms with Gasteiger partial charge >= 0.3 is 0 Å². The van der Waals surface area contributed by atoms with E-state index >= 15 is 0 Å². The van der Waals surface area contributed by atoms with Gasteiger partial charge < -0.3 is 24.3 Å². The number of nitrogens with zero attached hydrogens (tertiary/aromatic N) is 2. The van der Waals surface area contributed by atoms with Gasteiger partial charge in [0.05, 0.1) is 29.8 Å². The summed E-state index contributed by atoms with van der Waals surface area (Å²) in [7, 11) is 1.76. The Labute approximate surface area is 212 Å². The molecule has 1 fully saturated rings. The summed E-state index contributed by atoms with van der Waals surface area (Å²) < 4.78 is 11.7. The second-order valence-corrected chi connectivity index (χ2v) is 10.1. The molecule has 0 aliphatic carbocycles. The molecule has 4 heterocycles. The maximum absolute atomic E-state index is 13.7. The number of ether oxygens (including phenoxy) is 2. The van der Waals surface area contributed by atoms with Crippen LogP contribution in [0.3, 0.4) is 0 Å². The molecule has 2 amide bonds. The van der Waals surface area contributed by atoms with Crippen LogP contribution in [0.1, 0.15) is 52.8 Å². The molecule has 0 radical (unpaired) electrons. The van der Waals surface area contributed by atoms with Crippen molar-refractivity contribution in [3.05, 3.63) is 65.9 Å². The zero-order valence-corrected chi connectivity index (χ0v) is 21.0. The zero-order valence-electron chi connectivity index (χ0n) is 21.0. The van der Waals surface area contributed by atoms with Crippen LogP contribution in [0.15, 0.2) is 54.7 Å². The van der Waals surface area contributed by atoms with Crippen LogP contribution in [0.2, 0.25) is 0 Å². The molecule has 7 nitrogen and oxygen atoms in total. The lowest BCUT2D eigenvalue weighted by atomic mass is 9.75. The zero-order chi connectivity index (χ0) is 25.0. The Morgan fingerprint density at radius 3 is 2.67 bits per heavy atom. The minimum Gasteiger partial charge on any atom is -0.491 e. The van der Waals surface area contributed by atoms with E-state index in [2.05, 4.69) is 4.98 Å². The van der Waals surface area contributed by atoms with E-state index < -0.39 is 0 Å². The second-order valence-electron chi connectivity index (χ2n) is 10.1. The molecular formula is C29H35N3O4. The molecule has 0 unspecified atom stereocenters. The number of aromatic amines is 1. The van der Waals surface area contributed by atoms with Crippen LogP contribution in [0.5, 0.6) is 5.75 Å². The summed E-state index contributed by atoms with van der Waals surface area (Å²) in [6, 6.07) is 15.2. The van der Waals surface area contributed by atoms with E-state index in [9.17, 15) is 9.59 Å². The fourth-order valence-electron chi connectivity index (χ4n) is 5.71. The first-order valence-electron chi connectivity index (χ1n) is 13.0. The Morgan fingerprint density at radius 1 is 1.00 bits per heavy atom. The predicted octanol–water partition coefficient (Wildman–Crippen LogP) is 4.74. The van der Waals surface area contributed by atoms with Gasteiger partial charge in [-0.05, 0) is 55.4 Å². The summed E-state index contributed by atoms with van der Waals surface area (Å²) in [6.45, 7) is 3.58. The molecule has 3 aliphatic rings. The van der Waals surface area contributed by atoms with Gasteiger partial charge in [0.2, 0.25) is 0 Å². The van der Waals surface area contributed by atoms with E-state index in [-0.39, 0.29) is 17.2 Å². The van der Waals surface area contributed by atoms with Crippen molar-refractivity contribution < 1.29 is 19.1 Å². The lowest BCUT2D eigenvalue weighted by Crippen LogP contribution is -2.45. The van der Waals surface area contributed by atoms with Crippen LogP contribution >= 0.6 is 0 Å². The molecule has 2 aromatic carbocycles. The Balaban J connectivity index is 1.41. The predicted molar refractivity (Wildman–Crippen MR) is 139 cm³/mol. The summed E-state index contributed by atoms with van der Waals surface area (Å²) in [5.41, 5.74) is 2.20. The quantitative estimate of drug-likeness (QED) is 0.577. The molecule has 0 atom stereocenters. The number of hydrogen-bond donors (Lipinski definition) is 1. The fourth-order valence-corrected chi connectivity index (χ4v) is 5.71. The average molecular weight is 490 g/mol. The third-order valence-corrected chi connectivity index (χ3v) is 7.79. The number of para-hydroxylation sites is 2. The van der Waals surface area contributed by atoms with Crippen molar-refractivity contribution in [3.63, 3.8) is 0 Å². The molecule has 3 aromatic rings. The number of H-pyrrole nitrogens is 1. The monoisotopic (exact) mass is 489 g/mol. The number of aromatic nitrogens is 1. The number of hydrogen-bond acceptors (Lipinski definition) is 4. The van der Waals surface area contributed by atoms with Gasteiger partial charge in [-0.25, -0.2) is 0 Å². The third-order valence-electron chi connectivity index (χ3n) is 7.79. The number of nitrogens with one attached hydrogen (secondary N) is 1. The smallest absolute Gasteiger partial charge is 0.257 e. The largest absolute Gasteiger partial charge is 0.491 e. The Bertz CT molecular complexity index is 1210. The topological polar surface area (TPSA) is 74.9 Å². The molecule has 2 bridgehead atoms. The van der Waals surface area contributed by atoms with Gasteiger partial charge in [0.15, 0.2) is 0 Å². The highest BCUT2D eigenvalue weighted by Crippen LogP contribution is 2.38. The van der Waals surface area contributed by atoms with Gasteiger partial charge in [0, 0.05) is 38.3 Å². The van der Waals surface area contributed by atoms with E-state index in [1.807, 2.05) is 64.5 Å². The van der Waals surface area contributed by atoms with Gasteiger partial charge in [-0.15, -0.1) is 0 Å². The second kappa shape index (κ2) is 10.7. The van der Waals surface area contributed by atoms with Crippen molar-refractivity contribution in [2.75, 3.05) is 46.5 Å². The van der Waals surface area contributed by atoms with Crippen molar-refractivity contribution in [3.8, 4) is 5.75 Å². The number of carbonyl (C=O) groups excluding carboxylic acids is 2. The summed E-state index contributed by atoms with van der Waals surface area (Å²) in [6.07, 6.45) is 6.67. The number of methoxy groups -OCH3 is 1. The minimum absolute atomic E-state index is 0.000950. The maximum atomic E-state index is 13.7. The Hall–Kier alpha value is -3.32. The molecule has 190 valence electrons. The lowest BCUT2D eigenvalue weighted by molar-refractivity contribution is 0.0136. The molecule has 1 N–H and O–H groups in total. The number of benzene rings is 2. The Morgan fingerprint density at radius 2 is 1.83 bits per heavy atom. The number of piperidine rings is 1. The minimum atomic E-state index is -0.000950. The first kappa shape index (κ1) is 24.4. The molecule has 36 heavy (non-hydrogen) atoms. The van der Waals surface area contributed by atoms with Crippen LogP contribution in [0, 0.1) is 5.41 Å². The van der Waals surface area contributed by atoms with Gasteiger partial charge in [0.1, 0.15) is 12.4 Å². The normalized spacial score (nSPS) is 18.9. The van der Waals surface area contributed by atoms with E-state index in [1.54, 1.807) is 7.11 Å². The van der Waals surface area contributed by atoms with E-state index in [0.717, 1.165) is 56.1 Å². The summed E-state index contributed by atoms with van der Waals surface area (Å²) in [5.74, 6) is 0.585. The molecule has 7 heteroatoms. The highest BCUT2D eigenvalue weighted by molar-refractivity contribution is 6.05. The third kappa shape index (κ3) is 4.98. The van der Waals surface area contributed by atoms with Gasteiger partial charge in [0.25, 0.3) is 11.8 Å². The van der Waals surface area contributed by atoms with Crippen molar-refractivity contribution in [1.29, 1.82) is 0 Å². The summed E-state index contributed by atoms with van der Waals surface area (Å²) >= 11 is 0. The highest BCUT2D eigenvalue weighted by Gasteiger charge is 2.36. The average Bonchev–Trinajstić information content (AvgIpc) is 3.39. The number of amides is 2. The molecule has 3 aliphatic heterocycles. The SMILES string of the molecule is COCC12CCCCN(C(=O)c3cccc4cc[nH]c34)CCOc3ccccc3C(=O)N(CC1)CC2. The van der Waals surface area contributed by atoms with Crippen LogP contribution < -0.4 is 4.74 Å². The van der Waals surface area contributed by atoms with Crippen LogP contribution in [-0.2, 0) is 4.74 Å². The van der Waals surface area contributed by atoms with Gasteiger partial charge in [-0.3, -0.25) is 9.59 Å². The molecule has 1 aromatic heterocycles. The molecular weight excluding hydrogens is 454 g/mol. The molecule has 6 rings (SSSR count). The van der Waals surface area contributed by atoms with Crippen molar-refractivity contribution in [2.45, 2.75) is 32.1 Å². The molecule has 0 saturated carbocycles. The van der Waals surface area contributed by atoms with Gasteiger partial charge in [-0.1, -0.05) is 30.7 Å². The Kier molecular flexibility index (Phi) is 7.28. The molecule has 1 saturated heterocycles.